The fourth-order valence-corrected chi connectivity index (χ4v) is 2.87. The van der Waals surface area contributed by atoms with E-state index in [0.29, 0.717) is 28.0 Å². The minimum absolute atomic E-state index is 0.0117. The molecule has 0 fully saturated rings. The highest BCUT2D eigenvalue weighted by Crippen LogP contribution is 2.18. The summed E-state index contributed by atoms with van der Waals surface area (Å²) in [5, 5.41) is 0.527. The highest BCUT2D eigenvalue weighted by atomic mass is 16.5. The van der Waals surface area contributed by atoms with Gasteiger partial charge in [0.15, 0.2) is 6.61 Å². The Balaban J connectivity index is 1.62. The number of aryl methyl sites for hydroxylation is 1. The second-order valence-electron chi connectivity index (χ2n) is 6.19. The van der Waals surface area contributed by atoms with Crippen LogP contribution in [0.4, 0.5) is 0 Å². The van der Waals surface area contributed by atoms with Crippen molar-refractivity contribution in [3.63, 3.8) is 0 Å². The molecule has 0 radical (unpaired) electrons. The number of ketones is 1. The molecule has 0 aliphatic carbocycles. The van der Waals surface area contributed by atoms with E-state index in [1.165, 1.54) is 11.7 Å². The van der Waals surface area contributed by atoms with Crippen molar-refractivity contribution in [2.45, 2.75) is 12.8 Å². The molecule has 7 heteroatoms. The van der Waals surface area contributed by atoms with Crippen molar-refractivity contribution in [2.24, 2.45) is 7.05 Å². The summed E-state index contributed by atoms with van der Waals surface area (Å²) >= 11 is 0. The molecule has 28 heavy (non-hydrogen) atoms. The summed E-state index contributed by atoms with van der Waals surface area (Å²) in [6, 6.07) is 13.8. The normalized spacial score (nSPS) is 10.6. The number of carbonyl (C=O) groups is 2. The molecule has 0 amide bonds. The lowest BCUT2D eigenvalue weighted by atomic mass is 10.1. The Hall–Kier alpha value is -3.48. The number of nitrogens with zero attached hydrogens (tertiary/aromatic N) is 2. The van der Waals surface area contributed by atoms with E-state index in [9.17, 15) is 14.4 Å². The summed E-state index contributed by atoms with van der Waals surface area (Å²) in [4.78, 5) is 41.1. The minimum atomic E-state index is -0.536. The molecule has 144 valence electrons. The lowest BCUT2D eigenvalue weighted by Crippen LogP contribution is -2.23. The largest absolute Gasteiger partial charge is 0.496 e. The van der Waals surface area contributed by atoms with E-state index in [1.807, 2.05) is 0 Å². The fourth-order valence-electron chi connectivity index (χ4n) is 2.87. The number of ether oxygens (including phenoxy) is 2. The standard InChI is InChI=1S/C21H20N2O5/c1-23-19(22-16-9-5-3-7-14(16)21(23)26)11-12-20(25)28-13-17(24)15-8-4-6-10-18(15)27-2/h3-10H,11-13H2,1-2H3. The molecule has 0 saturated heterocycles. The van der Waals surface area contributed by atoms with E-state index in [2.05, 4.69) is 4.98 Å². The number of esters is 1. The summed E-state index contributed by atoms with van der Waals surface area (Å²) in [5.41, 5.74) is 0.775. The second-order valence-corrected chi connectivity index (χ2v) is 6.19. The molecular weight excluding hydrogens is 360 g/mol. The number of fused-ring (bicyclic) bond motifs is 1. The summed E-state index contributed by atoms with van der Waals surface area (Å²) in [7, 11) is 3.09. The molecule has 0 aliphatic heterocycles. The second kappa shape index (κ2) is 8.47. The Morgan fingerprint density at radius 1 is 1.07 bits per heavy atom. The van der Waals surface area contributed by atoms with Crippen LogP contribution in [0, 0.1) is 0 Å². The molecule has 0 spiro atoms. The molecule has 0 atom stereocenters. The van der Waals surface area contributed by atoms with Gasteiger partial charge in [0.1, 0.15) is 11.6 Å². The molecule has 0 N–H and O–H groups in total. The van der Waals surface area contributed by atoms with Gasteiger partial charge in [-0.15, -0.1) is 0 Å². The van der Waals surface area contributed by atoms with Crippen LogP contribution in [-0.2, 0) is 23.0 Å². The van der Waals surface area contributed by atoms with Crippen LogP contribution in [-0.4, -0.2) is 35.0 Å². The third kappa shape index (κ3) is 4.09. The topological polar surface area (TPSA) is 87.5 Å². The average Bonchev–Trinajstić information content (AvgIpc) is 2.73. The Bertz CT molecular complexity index is 1090. The smallest absolute Gasteiger partial charge is 0.306 e. The van der Waals surface area contributed by atoms with Crippen LogP contribution in [0.5, 0.6) is 5.75 Å². The third-order valence-electron chi connectivity index (χ3n) is 4.40. The molecule has 7 nitrogen and oxygen atoms in total. The van der Waals surface area contributed by atoms with Gasteiger partial charge in [0.25, 0.3) is 5.56 Å². The lowest BCUT2D eigenvalue weighted by Gasteiger charge is -2.10. The Morgan fingerprint density at radius 3 is 2.57 bits per heavy atom. The number of benzene rings is 2. The molecule has 0 unspecified atom stereocenters. The number of aromatic nitrogens is 2. The Kier molecular flexibility index (Phi) is 5.84. The first kappa shape index (κ1) is 19.3. The maximum atomic E-state index is 12.4. The van der Waals surface area contributed by atoms with Crippen LogP contribution >= 0.6 is 0 Å². The van der Waals surface area contributed by atoms with Gasteiger partial charge in [-0.3, -0.25) is 19.0 Å². The monoisotopic (exact) mass is 380 g/mol. The third-order valence-corrected chi connectivity index (χ3v) is 4.40. The summed E-state index contributed by atoms with van der Waals surface area (Å²) in [6.07, 6.45) is 0.246. The number of hydrogen-bond acceptors (Lipinski definition) is 6. The van der Waals surface area contributed by atoms with Crippen molar-refractivity contribution < 1.29 is 19.1 Å². The van der Waals surface area contributed by atoms with Crippen LogP contribution in [0.3, 0.4) is 0 Å². The zero-order chi connectivity index (χ0) is 20.1. The van der Waals surface area contributed by atoms with Gasteiger partial charge in [0.2, 0.25) is 5.78 Å². The van der Waals surface area contributed by atoms with Crippen molar-refractivity contribution >= 4 is 22.7 Å². The van der Waals surface area contributed by atoms with E-state index >= 15 is 0 Å². The van der Waals surface area contributed by atoms with Crippen LogP contribution in [0.15, 0.2) is 53.3 Å². The van der Waals surface area contributed by atoms with Gasteiger partial charge < -0.3 is 9.47 Å². The van der Waals surface area contributed by atoms with Crippen LogP contribution < -0.4 is 10.3 Å². The van der Waals surface area contributed by atoms with Crippen LogP contribution in [0.25, 0.3) is 10.9 Å². The maximum absolute atomic E-state index is 12.4. The number of carbonyl (C=O) groups excluding carboxylic acids is 2. The van der Waals surface area contributed by atoms with Crippen LogP contribution in [0.2, 0.25) is 0 Å². The first-order valence-electron chi connectivity index (χ1n) is 8.77. The Morgan fingerprint density at radius 2 is 1.79 bits per heavy atom. The number of Topliss-reactive ketones (excluding diaryl/α,β-unsaturated/α-hetero) is 1. The fraction of sp³-hybridized carbons (Fsp3) is 0.238. The van der Waals surface area contributed by atoms with E-state index in [4.69, 9.17) is 9.47 Å². The average molecular weight is 380 g/mol. The lowest BCUT2D eigenvalue weighted by molar-refractivity contribution is -0.142. The molecule has 3 aromatic rings. The van der Waals surface area contributed by atoms with E-state index in [-0.39, 0.29) is 30.8 Å². The van der Waals surface area contributed by atoms with E-state index in [0.717, 1.165) is 0 Å². The Labute approximate surface area is 161 Å². The minimum Gasteiger partial charge on any atom is -0.496 e. The van der Waals surface area contributed by atoms with Gasteiger partial charge >= 0.3 is 5.97 Å². The van der Waals surface area contributed by atoms with Gasteiger partial charge in [-0.2, -0.15) is 0 Å². The first-order chi connectivity index (χ1) is 13.5. The summed E-state index contributed by atoms with van der Waals surface area (Å²) in [5.74, 6) is 0.0308. The van der Waals surface area contributed by atoms with Crippen LogP contribution in [0.1, 0.15) is 22.6 Å². The van der Waals surface area contributed by atoms with Crippen molar-refractivity contribution in [2.75, 3.05) is 13.7 Å². The predicted molar refractivity (Wildman–Crippen MR) is 104 cm³/mol. The highest BCUT2D eigenvalue weighted by Gasteiger charge is 2.15. The summed E-state index contributed by atoms with van der Waals surface area (Å²) in [6.45, 7) is -0.372. The van der Waals surface area contributed by atoms with E-state index < -0.39 is 5.97 Å². The molecule has 1 heterocycles. The first-order valence-corrected chi connectivity index (χ1v) is 8.77. The van der Waals surface area contributed by atoms with Gasteiger partial charge in [-0.1, -0.05) is 24.3 Å². The molecule has 0 aliphatic rings. The molecular formula is C21H20N2O5. The van der Waals surface area contributed by atoms with Gasteiger partial charge in [0, 0.05) is 13.5 Å². The van der Waals surface area contributed by atoms with Crippen molar-refractivity contribution in [1.82, 2.24) is 9.55 Å². The molecule has 2 aromatic carbocycles. The van der Waals surface area contributed by atoms with Gasteiger partial charge in [0.05, 0.1) is 30.0 Å². The summed E-state index contributed by atoms with van der Waals surface area (Å²) < 4.78 is 11.6. The van der Waals surface area contributed by atoms with Crippen molar-refractivity contribution in [1.29, 1.82) is 0 Å². The van der Waals surface area contributed by atoms with E-state index in [1.54, 1.807) is 55.6 Å². The molecule has 0 bridgehead atoms. The van der Waals surface area contributed by atoms with Gasteiger partial charge in [-0.05, 0) is 24.3 Å². The highest BCUT2D eigenvalue weighted by molar-refractivity contribution is 6.00. The quantitative estimate of drug-likeness (QED) is 0.462. The number of hydrogen-bond donors (Lipinski definition) is 0. The zero-order valence-corrected chi connectivity index (χ0v) is 15.7. The number of para-hydroxylation sites is 2. The zero-order valence-electron chi connectivity index (χ0n) is 15.7. The van der Waals surface area contributed by atoms with Crippen molar-refractivity contribution in [3.05, 3.63) is 70.3 Å². The van der Waals surface area contributed by atoms with Gasteiger partial charge in [-0.25, -0.2) is 4.98 Å². The number of rotatable bonds is 7. The molecule has 0 saturated carbocycles. The predicted octanol–water partition coefficient (Wildman–Crippen LogP) is 2.30. The molecule has 3 rings (SSSR count). The number of methoxy groups -OCH3 is 1. The SMILES string of the molecule is COc1ccccc1C(=O)COC(=O)CCc1nc2ccccc2c(=O)n1C. The maximum Gasteiger partial charge on any atom is 0.306 e. The molecule has 1 aromatic heterocycles. The van der Waals surface area contributed by atoms with Crippen molar-refractivity contribution in [3.8, 4) is 5.75 Å².